The zero-order valence-corrected chi connectivity index (χ0v) is 10.7. The van der Waals surface area contributed by atoms with Gasteiger partial charge < -0.3 is 9.52 Å². The van der Waals surface area contributed by atoms with Gasteiger partial charge in [0.15, 0.2) is 21.3 Å². The first-order valence-corrected chi connectivity index (χ1v) is 7.58. The molecule has 0 aliphatic carbocycles. The minimum Gasteiger partial charge on any atom is -0.441 e. The van der Waals surface area contributed by atoms with Crippen LogP contribution in [0.15, 0.2) is 28.7 Å². The quantitative estimate of drug-likeness (QED) is 0.851. The zero-order chi connectivity index (χ0) is 13.0. The Morgan fingerprint density at radius 3 is 2.72 bits per heavy atom. The Bertz CT molecular complexity index is 585. The van der Waals surface area contributed by atoms with Crippen molar-refractivity contribution in [2.45, 2.75) is 12.8 Å². The largest absolute Gasteiger partial charge is 0.441 e. The van der Waals surface area contributed by atoms with Gasteiger partial charge in [0.25, 0.3) is 0 Å². The Morgan fingerprint density at radius 1 is 1.22 bits per heavy atom. The summed E-state index contributed by atoms with van der Waals surface area (Å²) < 4.78 is 28.3. The summed E-state index contributed by atoms with van der Waals surface area (Å²) in [7, 11) is -3.15. The number of fused-ring (bicyclic) bond motifs is 1. The molecule has 1 aromatic carbocycles. The van der Waals surface area contributed by atoms with Crippen LogP contribution in [0.4, 0.5) is 0 Å². The van der Waals surface area contributed by atoms with E-state index in [4.69, 9.17) is 9.52 Å². The van der Waals surface area contributed by atoms with Crippen molar-refractivity contribution in [3.05, 3.63) is 30.2 Å². The summed E-state index contributed by atoms with van der Waals surface area (Å²) in [6.07, 6.45) is 0.939. The highest BCUT2D eigenvalue weighted by molar-refractivity contribution is 7.91. The van der Waals surface area contributed by atoms with Crippen LogP contribution < -0.4 is 0 Å². The number of oxazole rings is 1. The van der Waals surface area contributed by atoms with Crippen molar-refractivity contribution < 1.29 is 17.9 Å². The maximum atomic E-state index is 11.4. The van der Waals surface area contributed by atoms with Crippen LogP contribution in [0.5, 0.6) is 0 Å². The molecule has 6 heteroatoms. The maximum absolute atomic E-state index is 11.4. The Morgan fingerprint density at radius 2 is 2.00 bits per heavy atom. The Balaban J connectivity index is 1.94. The minimum absolute atomic E-state index is 0.0479. The minimum atomic E-state index is -3.15. The predicted octanol–water partition coefficient (Wildman–Crippen LogP) is 1.17. The number of aryl methyl sites for hydroxylation is 1. The fourth-order valence-electron chi connectivity index (χ4n) is 1.71. The van der Waals surface area contributed by atoms with E-state index in [2.05, 4.69) is 4.98 Å². The standard InChI is InChI=1S/C12H15NO4S/c14-7-9-18(15,16)8-3-6-12-13-10-4-1-2-5-11(10)17-12/h1-2,4-5,14H,3,6-9H2. The van der Waals surface area contributed by atoms with Crippen molar-refractivity contribution in [2.75, 3.05) is 18.1 Å². The monoisotopic (exact) mass is 269 g/mol. The van der Waals surface area contributed by atoms with E-state index in [0.29, 0.717) is 24.3 Å². The summed E-state index contributed by atoms with van der Waals surface area (Å²) in [5, 5.41) is 8.60. The summed E-state index contributed by atoms with van der Waals surface area (Å²) in [4.78, 5) is 4.27. The van der Waals surface area contributed by atoms with Crippen LogP contribution in [0.3, 0.4) is 0 Å². The molecule has 2 rings (SSSR count). The fraction of sp³-hybridized carbons (Fsp3) is 0.417. The van der Waals surface area contributed by atoms with Crippen molar-refractivity contribution >= 4 is 20.9 Å². The summed E-state index contributed by atoms with van der Waals surface area (Å²) in [5.41, 5.74) is 1.50. The van der Waals surface area contributed by atoms with Gasteiger partial charge in [0.2, 0.25) is 0 Å². The summed E-state index contributed by atoms with van der Waals surface area (Å²) in [5.74, 6) is 0.419. The predicted molar refractivity (Wildman–Crippen MR) is 68.1 cm³/mol. The molecule has 0 amide bonds. The highest BCUT2D eigenvalue weighted by atomic mass is 32.2. The van der Waals surface area contributed by atoms with Gasteiger partial charge in [-0.1, -0.05) is 12.1 Å². The third-order valence-electron chi connectivity index (χ3n) is 2.59. The molecule has 98 valence electrons. The highest BCUT2D eigenvalue weighted by Crippen LogP contribution is 2.15. The molecule has 0 radical (unpaired) electrons. The van der Waals surface area contributed by atoms with Crippen LogP contribution >= 0.6 is 0 Å². The molecule has 1 aromatic heterocycles. The van der Waals surface area contributed by atoms with E-state index in [0.717, 1.165) is 5.52 Å². The van der Waals surface area contributed by atoms with E-state index in [-0.39, 0.29) is 18.1 Å². The number of hydrogen-bond donors (Lipinski definition) is 1. The summed E-state index contributed by atoms with van der Waals surface area (Å²) >= 11 is 0. The van der Waals surface area contributed by atoms with Crippen LogP contribution in [-0.2, 0) is 16.3 Å². The lowest BCUT2D eigenvalue weighted by Crippen LogP contribution is -2.14. The van der Waals surface area contributed by atoms with Crippen molar-refractivity contribution in [3.8, 4) is 0 Å². The second-order valence-electron chi connectivity index (χ2n) is 4.05. The van der Waals surface area contributed by atoms with E-state index in [9.17, 15) is 8.42 Å². The Kier molecular flexibility index (Phi) is 3.98. The van der Waals surface area contributed by atoms with Crippen LogP contribution in [0.25, 0.3) is 11.1 Å². The lowest BCUT2D eigenvalue weighted by Gasteiger charge is -2.00. The van der Waals surface area contributed by atoms with Crippen LogP contribution in [0.1, 0.15) is 12.3 Å². The lowest BCUT2D eigenvalue weighted by atomic mass is 10.3. The van der Waals surface area contributed by atoms with Gasteiger partial charge in [0.05, 0.1) is 18.1 Å². The lowest BCUT2D eigenvalue weighted by molar-refractivity contribution is 0.319. The molecule has 0 spiro atoms. The molecule has 0 fully saturated rings. The van der Waals surface area contributed by atoms with Gasteiger partial charge in [-0.25, -0.2) is 13.4 Å². The van der Waals surface area contributed by atoms with Crippen molar-refractivity contribution in [2.24, 2.45) is 0 Å². The average molecular weight is 269 g/mol. The van der Waals surface area contributed by atoms with E-state index in [1.165, 1.54) is 0 Å². The van der Waals surface area contributed by atoms with Gasteiger partial charge >= 0.3 is 0 Å². The van der Waals surface area contributed by atoms with E-state index < -0.39 is 9.84 Å². The van der Waals surface area contributed by atoms with Crippen molar-refractivity contribution in [1.82, 2.24) is 4.98 Å². The number of para-hydroxylation sites is 2. The molecule has 0 saturated heterocycles. The molecule has 1 N–H and O–H groups in total. The van der Waals surface area contributed by atoms with Crippen molar-refractivity contribution in [3.63, 3.8) is 0 Å². The molecule has 1 heterocycles. The molecule has 0 aliphatic heterocycles. The molecule has 0 aliphatic rings. The molecule has 0 atom stereocenters. The van der Waals surface area contributed by atoms with Crippen LogP contribution in [0, 0.1) is 0 Å². The second kappa shape index (κ2) is 5.49. The summed E-state index contributed by atoms with van der Waals surface area (Å²) in [6.45, 7) is -0.328. The number of sulfone groups is 1. The molecule has 18 heavy (non-hydrogen) atoms. The van der Waals surface area contributed by atoms with Gasteiger partial charge in [-0.05, 0) is 18.6 Å². The summed E-state index contributed by atoms with van der Waals surface area (Å²) in [6, 6.07) is 7.42. The third-order valence-corrected chi connectivity index (χ3v) is 4.30. The number of hydrogen-bond acceptors (Lipinski definition) is 5. The van der Waals surface area contributed by atoms with Crippen LogP contribution in [-0.4, -0.2) is 36.6 Å². The second-order valence-corrected chi connectivity index (χ2v) is 6.36. The topological polar surface area (TPSA) is 80.4 Å². The number of aliphatic hydroxyl groups excluding tert-OH is 1. The van der Waals surface area contributed by atoms with E-state index in [1.807, 2.05) is 24.3 Å². The van der Waals surface area contributed by atoms with Gasteiger partial charge in [-0.3, -0.25) is 0 Å². The number of rotatable bonds is 6. The molecule has 0 bridgehead atoms. The molecular weight excluding hydrogens is 254 g/mol. The first kappa shape index (κ1) is 13.0. The number of benzene rings is 1. The molecule has 0 saturated carbocycles. The Labute approximate surface area is 105 Å². The first-order chi connectivity index (χ1) is 8.61. The van der Waals surface area contributed by atoms with Crippen LogP contribution in [0.2, 0.25) is 0 Å². The van der Waals surface area contributed by atoms with Gasteiger partial charge in [-0.2, -0.15) is 0 Å². The SMILES string of the molecule is O=S(=O)(CCO)CCCc1nc2ccccc2o1. The molecule has 0 unspecified atom stereocenters. The van der Waals surface area contributed by atoms with Gasteiger partial charge in [0, 0.05) is 6.42 Å². The van der Waals surface area contributed by atoms with Gasteiger partial charge in [0.1, 0.15) is 5.52 Å². The highest BCUT2D eigenvalue weighted by Gasteiger charge is 2.11. The first-order valence-electron chi connectivity index (χ1n) is 5.76. The smallest absolute Gasteiger partial charge is 0.195 e. The molecule has 2 aromatic rings. The number of aromatic nitrogens is 1. The number of aliphatic hydroxyl groups is 1. The maximum Gasteiger partial charge on any atom is 0.195 e. The molecular formula is C12H15NO4S. The zero-order valence-electron chi connectivity index (χ0n) is 9.87. The fourth-order valence-corrected chi connectivity index (χ4v) is 2.78. The Hall–Kier alpha value is -1.40. The van der Waals surface area contributed by atoms with Gasteiger partial charge in [-0.15, -0.1) is 0 Å². The van der Waals surface area contributed by atoms with E-state index in [1.54, 1.807) is 0 Å². The van der Waals surface area contributed by atoms with Crippen molar-refractivity contribution in [1.29, 1.82) is 0 Å². The normalized spacial score (nSPS) is 12.1. The average Bonchev–Trinajstić information content (AvgIpc) is 2.71. The third kappa shape index (κ3) is 3.30. The van der Waals surface area contributed by atoms with E-state index >= 15 is 0 Å². The number of nitrogens with zero attached hydrogens (tertiary/aromatic N) is 1. The molecule has 5 nitrogen and oxygen atoms in total.